The number of imidazole rings is 1. The topological polar surface area (TPSA) is 113 Å². The van der Waals surface area contributed by atoms with Crippen LogP contribution in [0, 0.1) is 6.92 Å². The minimum absolute atomic E-state index is 0.00953. The van der Waals surface area contributed by atoms with Crippen molar-refractivity contribution in [2.24, 2.45) is 14.1 Å². The van der Waals surface area contributed by atoms with Crippen LogP contribution in [0.25, 0.3) is 22.0 Å². The van der Waals surface area contributed by atoms with Crippen LogP contribution < -0.4 is 10.4 Å². The molecule has 0 radical (unpaired) electrons. The van der Waals surface area contributed by atoms with Gasteiger partial charge in [-0.15, -0.1) is 0 Å². The van der Waals surface area contributed by atoms with Crippen molar-refractivity contribution in [2.45, 2.75) is 18.7 Å². The van der Waals surface area contributed by atoms with Crippen molar-refractivity contribution in [3.05, 3.63) is 58.2 Å². The highest BCUT2D eigenvalue weighted by Gasteiger charge is 2.22. The van der Waals surface area contributed by atoms with Gasteiger partial charge in [0.15, 0.2) is 0 Å². The number of nitrogens with one attached hydrogen (secondary N) is 1. The van der Waals surface area contributed by atoms with Crippen molar-refractivity contribution in [1.29, 1.82) is 0 Å². The Kier molecular flexibility index (Phi) is 4.89. The number of sulfonamides is 1. The lowest BCUT2D eigenvalue weighted by Crippen LogP contribution is -2.19. The van der Waals surface area contributed by atoms with Crippen LogP contribution in [0.5, 0.6) is 0 Å². The zero-order chi connectivity index (χ0) is 22.5. The molecular formula is C21H21N3O6S. The van der Waals surface area contributed by atoms with E-state index in [4.69, 9.17) is 9.15 Å². The van der Waals surface area contributed by atoms with Gasteiger partial charge < -0.3 is 9.15 Å². The van der Waals surface area contributed by atoms with Crippen LogP contribution in [0.1, 0.15) is 23.0 Å². The maximum atomic E-state index is 13.0. The molecule has 4 aromatic rings. The summed E-state index contributed by atoms with van der Waals surface area (Å²) in [5.41, 5.74) is 1.86. The lowest BCUT2D eigenvalue weighted by molar-refractivity contribution is 0.0526. The van der Waals surface area contributed by atoms with Crippen molar-refractivity contribution in [3.63, 3.8) is 0 Å². The fourth-order valence-electron chi connectivity index (χ4n) is 3.61. The molecule has 162 valence electrons. The number of hydrogen-bond donors (Lipinski definition) is 1. The Hall–Kier alpha value is -3.53. The predicted octanol–water partition coefficient (Wildman–Crippen LogP) is 2.91. The molecule has 10 heteroatoms. The maximum absolute atomic E-state index is 13.0. The van der Waals surface area contributed by atoms with Gasteiger partial charge in [0.1, 0.15) is 16.9 Å². The smallest absolute Gasteiger partial charge is 0.342 e. The van der Waals surface area contributed by atoms with E-state index in [0.29, 0.717) is 27.8 Å². The number of anilines is 1. The lowest BCUT2D eigenvalue weighted by atomic mass is 10.1. The van der Waals surface area contributed by atoms with Crippen LogP contribution in [0.3, 0.4) is 0 Å². The second kappa shape index (κ2) is 7.31. The van der Waals surface area contributed by atoms with Crippen LogP contribution in [0.15, 0.2) is 50.5 Å². The van der Waals surface area contributed by atoms with Crippen molar-refractivity contribution in [2.75, 3.05) is 11.3 Å². The number of aryl methyl sites for hydroxylation is 3. The maximum Gasteiger partial charge on any atom is 0.342 e. The van der Waals surface area contributed by atoms with Gasteiger partial charge in [0.2, 0.25) is 0 Å². The van der Waals surface area contributed by atoms with E-state index in [-0.39, 0.29) is 28.4 Å². The SMILES string of the molecule is CCOC(=O)c1c(C)oc2ccc(NS(=O)(=O)c3ccc4c(c3)n(C)c(=O)n4C)cc12. The summed E-state index contributed by atoms with van der Waals surface area (Å²) >= 11 is 0. The molecule has 0 atom stereocenters. The Bertz CT molecular complexity index is 1510. The highest BCUT2D eigenvalue weighted by atomic mass is 32.2. The molecule has 0 unspecified atom stereocenters. The molecule has 0 aliphatic carbocycles. The average molecular weight is 443 g/mol. The third kappa shape index (κ3) is 3.38. The van der Waals surface area contributed by atoms with Crippen molar-refractivity contribution < 1.29 is 22.4 Å². The van der Waals surface area contributed by atoms with Gasteiger partial charge in [0.25, 0.3) is 10.0 Å². The van der Waals surface area contributed by atoms with Gasteiger partial charge in [-0.25, -0.2) is 18.0 Å². The summed E-state index contributed by atoms with van der Waals surface area (Å²) in [6, 6.07) is 9.15. The summed E-state index contributed by atoms with van der Waals surface area (Å²) in [5, 5.41) is 0.456. The first-order valence-electron chi connectivity index (χ1n) is 9.52. The molecule has 0 saturated heterocycles. The Morgan fingerprint density at radius 1 is 1.10 bits per heavy atom. The summed E-state index contributed by atoms with van der Waals surface area (Å²) in [5.74, 6) is -0.141. The minimum atomic E-state index is -3.95. The van der Waals surface area contributed by atoms with Crippen LogP contribution in [-0.4, -0.2) is 30.1 Å². The summed E-state index contributed by atoms with van der Waals surface area (Å²) in [6.07, 6.45) is 0. The molecule has 2 heterocycles. The Morgan fingerprint density at radius 2 is 1.81 bits per heavy atom. The molecule has 0 aliphatic rings. The van der Waals surface area contributed by atoms with Gasteiger partial charge in [-0.2, -0.15) is 0 Å². The summed E-state index contributed by atoms with van der Waals surface area (Å²) in [7, 11) is -0.742. The van der Waals surface area contributed by atoms with Crippen LogP contribution in [0.4, 0.5) is 5.69 Å². The first-order valence-corrected chi connectivity index (χ1v) is 11.0. The van der Waals surface area contributed by atoms with Crippen LogP contribution >= 0.6 is 0 Å². The highest BCUT2D eigenvalue weighted by molar-refractivity contribution is 7.92. The Morgan fingerprint density at radius 3 is 2.52 bits per heavy atom. The molecule has 0 spiro atoms. The number of rotatable bonds is 5. The molecule has 1 N–H and O–H groups in total. The standard InChI is InChI=1S/C21H21N3O6S/c1-5-29-20(25)19-12(2)30-18-9-6-13(10-15(18)19)22-31(27,28)14-7-8-16-17(11-14)24(4)21(26)23(16)3/h6-11,22H,5H2,1-4H3. The first-order chi connectivity index (χ1) is 14.6. The number of ether oxygens (including phenoxy) is 1. The van der Waals surface area contributed by atoms with Crippen molar-refractivity contribution in [1.82, 2.24) is 9.13 Å². The molecule has 0 saturated carbocycles. The van der Waals surface area contributed by atoms with E-state index in [1.165, 1.54) is 27.3 Å². The molecule has 0 aliphatic heterocycles. The zero-order valence-corrected chi connectivity index (χ0v) is 18.2. The third-order valence-corrected chi connectivity index (χ3v) is 6.53. The zero-order valence-electron chi connectivity index (χ0n) is 17.4. The molecule has 0 fully saturated rings. The van der Waals surface area contributed by atoms with E-state index < -0.39 is 16.0 Å². The van der Waals surface area contributed by atoms with Gasteiger partial charge in [-0.1, -0.05) is 0 Å². The van der Waals surface area contributed by atoms with E-state index in [9.17, 15) is 18.0 Å². The number of carbonyl (C=O) groups excluding carboxylic acids is 1. The first kappa shape index (κ1) is 20.7. The van der Waals surface area contributed by atoms with Gasteiger partial charge in [0.05, 0.1) is 22.5 Å². The number of carbonyl (C=O) groups is 1. The van der Waals surface area contributed by atoms with E-state index in [2.05, 4.69) is 4.72 Å². The molecule has 2 aromatic heterocycles. The molecule has 4 rings (SSSR count). The summed E-state index contributed by atoms with van der Waals surface area (Å²) in [4.78, 5) is 24.4. The van der Waals surface area contributed by atoms with Crippen LogP contribution in [0.2, 0.25) is 0 Å². The second-order valence-electron chi connectivity index (χ2n) is 7.12. The van der Waals surface area contributed by atoms with Gasteiger partial charge in [-0.05, 0) is 50.2 Å². The lowest BCUT2D eigenvalue weighted by Gasteiger charge is -2.09. The number of furan rings is 1. The minimum Gasteiger partial charge on any atom is -0.462 e. The quantitative estimate of drug-likeness (QED) is 0.475. The Labute approximate surface area is 177 Å². The van der Waals surface area contributed by atoms with E-state index in [1.54, 1.807) is 46.1 Å². The summed E-state index contributed by atoms with van der Waals surface area (Å²) in [6.45, 7) is 3.56. The fraction of sp³-hybridized carbons (Fsp3) is 0.238. The number of nitrogens with zero attached hydrogens (tertiary/aromatic N) is 2. The largest absolute Gasteiger partial charge is 0.462 e. The number of hydrogen-bond acceptors (Lipinski definition) is 6. The van der Waals surface area contributed by atoms with Gasteiger partial charge in [-0.3, -0.25) is 13.9 Å². The van der Waals surface area contributed by atoms with E-state index in [1.807, 2.05) is 0 Å². The monoisotopic (exact) mass is 443 g/mol. The van der Waals surface area contributed by atoms with E-state index >= 15 is 0 Å². The normalized spacial score (nSPS) is 11.9. The van der Waals surface area contributed by atoms with Crippen molar-refractivity contribution >= 4 is 43.7 Å². The van der Waals surface area contributed by atoms with Gasteiger partial charge >= 0.3 is 11.7 Å². The number of aromatic nitrogens is 2. The number of esters is 1. The van der Waals surface area contributed by atoms with Crippen molar-refractivity contribution in [3.8, 4) is 0 Å². The fourth-order valence-corrected chi connectivity index (χ4v) is 4.68. The van der Waals surface area contributed by atoms with Crippen LogP contribution in [-0.2, 0) is 28.9 Å². The summed E-state index contributed by atoms with van der Waals surface area (Å²) < 4.78 is 42.0. The highest BCUT2D eigenvalue weighted by Crippen LogP contribution is 2.30. The molecule has 31 heavy (non-hydrogen) atoms. The van der Waals surface area contributed by atoms with E-state index in [0.717, 1.165) is 0 Å². The molecule has 0 amide bonds. The average Bonchev–Trinajstić information content (AvgIpc) is 3.16. The molecule has 2 aromatic carbocycles. The predicted molar refractivity (Wildman–Crippen MR) is 116 cm³/mol. The second-order valence-corrected chi connectivity index (χ2v) is 8.80. The van der Waals surface area contributed by atoms with Gasteiger partial charge in [0, 0.05) is 25.2 Å². The third-order valence-electron chi connectivity index (χ3n) is 5.15. The molecule has 0 bridgehead atoms. The Balaban J connectivity index is 1.75. The molecular weight excluding hydrogens is 422 g/mol. The number of fused-ring (bicyclic) bond motifs is 2. The molecule has 9 nitrogen and oxygen atoms in total. The number of benzene rings is 2.